The zero-order valence-electron chi connectivity index (χ0n) is 23.2. The summed E-state index contributed by atoms with van der Waals surface area (Å²) in [7, 11) is 0. The number of aliphatic hydroxyl groups is 2. The van der Waals surface area contributed by atoms with Crippen molar-refractivity contribution >= 4 is 106 Å². The molecule has 2 N–H and O–H groups in total. The standard InChI is InChI=1S/C24H42O10S7/c25-17-40-19-38-15-7-33-23(29)3-11-35-9-1-21(27)31-5-13-37-14-6-32-22(28)2-10-36-12-4-24(30)34-8-16-39-20-41-18-26/h25-26H,1-20H2. The average Bonchev–Trinajstić information content (AvgIpc) is 2.95. The van der Waals surface area contributed by atoms with E-state index in [4.69, 9.17) is 29.2 Å². The van der Waals surface area contributed by atoms with Crippen LogP contribution in [0.5, 0.6) is 0 Å². The van der Waals surface area contributed by atoms with Gasteiger partial charge in [-0.2, -0.15) is 35.3 Å². The largest absolute Gasteiger partial charge is 0.465 e. The molecule has 41 heavy (non-hydrogen) atoms. The number of ether oxygens (including phenoxy) is 4. The van der Waals surface area contributed by atoms with Crippen molar-refractivity contribution < 1.29 is 48.3 Å². The Balaban J connectivity index is 3.41. The lowest BCUT2D eigenvalue weighted by Crippen LogP contribution is -2.11. The maximum atomic E-state index is 11.8. The topological polar surface area (TPSA) is 146 Å². The van der Waals surface area contributed by atoms with Gasteiger partial charge in [0, 0.05) is 56.2 Å². The summed E-state index contributed by atoms with van der Waals surface area (Å²) in [4.78, 5) is 46.8. The highest BCUT2D eigenvalue weighted by Gasteiger charge is 2.07. The van der Waals surface area contributed by atoms with Gasteiger partial charge in [0.25, 0.3) is 0 Å². The van der Waals surface area contributed by atoms with Gasteiger partial charge in [0.2, 0.25) is 0 Å². The van der Waals surface area contributed by atoms with Crippen molar-refractivity contribution in [2.45, 2.75) is 25.7 Å². The fourth-order valence-electron chi connectivity index (χ4n) is 2.38. The molecular formula is C24H42O10S7. The quantitative estimate of drug-likeness (QED) is 0.0483. The fourth-order valence-corrected chi connectivity index (χ4v) is 7.53. The molecule has 0 aliphatic rings. The van der Waals surface area contributed by atoms with Crippen molar-refractivity contribution in [1.29, 1.82) is 0 Å². The molecule has 240 valence electrons. The minimum atomic E-state index is -0.275. The van der Waals surface area contributed by atoms with Gasteiger partial charge < -0.3 is 29.2 Å². The first kappa shape index (κ1) is 41.2. The lowest BCUT2D eigenvalue weighted by Gasteiger charge is -2.07. The second-order valence-electron chi connectivity index (χ2n) is 7.44. The minimum Gasteiger partial charge on any atom is -0.465 e. The third-order valence-corrected chi connectivity index (χ3v) is 11.1. The SMILES string of the molecule is O=C(CCSCCC(=O)OCCSCSCO)OCCSCCOC(=O)CCSCCC(=O)OCCSCSCO. The zero-order valence-corrected chi connectivity index (χ0v) is 28.9. The molecule has 0 saturated carbocycles. The smallest absolute Gasteiger partial charge is 0.306 e. The highest BCUT2D eigenvalue weighted by molar-refractivity contribution is 8.16. The number of hydrogen-bond donors (Lipinski definition) is 2. The van der Waals surface area contributed by atoms with Crippen molar-refractivity contribution in [2.24, 2.45) is 0 Å². The van der Waals surface area contributed by atoms with Gasteiger partial charge in [0.15, 0.2) is 0 Å². The van der Waals surface area contributed by atoms with Crippen molar-refractivity contribution in [1.82, 2.24) is 0 Å². The fraction of sp³-hybridized carbons (Fsp3) is 0.833. The molecule has 10 nitrogen and oxygen atoms in total. The molecule has 0 bridgehead atoms. The van der Waals surface area contributed by atoms with Crippen LogP contribution in [-0.4, -0.2) is 129 Å². The predicted molar refractivity (Wildman–Crippen MR) is 178 cm³/mol. The van der Waals surface area contributed by atoms with Gasteiger partial charge in [0.05, 0.1) is 37.6 Å². The zero-order chi connectivity index (χ0) is 30.2. The Morgan fingerprint density at radius 3 is 0.951 bits per heavy atom. The number of aliphatic hydroxyl groups excluding tert-OH is 2. The van der Waals surface area contributed by atoms with Crippen LogP contribution < -0.4 is 0 Å². The maximum absolute atomic E-state index is 11.8. The lowest BCUT2D eigenvalue weighted by atomic mass is 10.5. The third-order valence-electron chi connectivity index (χ3n) is 4.28. The Hall–Kier alpha value is 0.250. The summed E-state index contributed by atoms with van der Waals surface area (Å²) in [5, 5.41) is 18.9. The van der Waals surface area contributed by atoms with Crippen LogP contribution in [-0.2, 0) is 38.1 Å². The summed E-state index contributed by atoms with van der Waals surface area (Å²) in [6.07, 6.45) is 1.18. The molecule has 0 rings (SSSR count). The van der Waals surface area contributed by atoms with Crippen LogP contribution in [0.25, 0.3) is 0 Å². The second-order valence-corrected chi connectivity index (χ2v) is 16.0. The molecule has 17 heteroatoms. The van der Waals surface area contributed by atoms with E-state index >= 15 is 0 Å². The van der Waals surface area contributed by atoms with Crippen LogP contribution in [0.3, 0.4) is 0 Å². The van der Waals surface area contributed by atoms with E-state index in [-0.39, 0.29) is 48.6 Å². The minimum absolute atomic E-state index is 0.0925. The molecule has 0 aromatic rings. The molecule has 0 heterocycles. The highest BCUT2D eigenvalue weighted by Crippen LogP contribution is 2.12. The summed E-state index contributed by atoms with van der Waals surface area (Å²) >= 11 is 10.6. The van der Waals surface area contributed by atoms with Gasteiger partial charge in [-0.05, 0) is 0 Å². The van der Waals surface area contributed by atoms with Gasteiger partial charge in [0.1, 0.15) is 26.4 Å². The third kappa shape index (κ3) is 33.0. The molecule has 0 aliphatic heterocycles. The molecule has 0 aromatic carbocycles. The Bertz CT molecular complexity index is 623. The Morgan fingerprint density at radius 2 is 0.659 bits per heavy atom. The monoisotopic (exact) mass is 714 g/mol. The van der Waals surface area contributed by atoms with E-state index in [1.165, 1.54) is 58.8 Å². The molecule has 0 amide bonds. The first-order chi connectivity index (χ1) is 20.0. The molecule has 0 spiro atoms. The van der Waals surface area contributed by atoms with Crippen molar-refractivity contribution in [3.05, 3.63) is 0 Å². The van der Waals surface area contributed by atoms with Gasteiger partial charge in [-0.3, -0.25) is 19.2 Å². The van der Waals surface area contributed by atoms with Crippen molar-refractivity contribution in [2.75, 3.05) is 94.5 Å². The van der Waals surface area contributed by atoms with E-state index < -0.39 is 0 Å². The van der Waals surface area contributed by atoms with Crippen molar-refractivity contribution in [3.8, 4) is 0 Å². The van der Waals surface area contributed by atoms with E-state index in [2.05, 4.69) is 0 Å². The normalized spacial score (nSPS) is 10.8. The van der Waals surface area contributed by atoms with Crippen LogP contribution >= 0.6 is 82.3 Å². The van der Waals surface area contributed by atoms with Gasteiger partial charge in [-0.1, -0.05) is 0 Å². The van der Waals surface area contributed by atoms with Gasteiger partial charge >= 0.3 is 23.9 Å². The first-order valence-corrected chi connectivity index (χ1v) is 21.0. The molecule has 0 unspecified atom stereocenters. The number of thioether (sulfide) groups is 7. The maximum Gasteiger partial charge on any atom is 0.306 e. The van der Waals surface area contributed by atoms with E-state index in [0.717, 1.165) is 10.2 Å². The molecule has 0 atom stereocenters. The molecular weight excluding hydrogens is 673 g/mol. The lowest BCUT2D eigenvalue weighted by molar-refractivity contribution is -0.143. The van der Waals surface area contributed by atoms with E-state index in [0.29, 0.717) is 85.3 Å². The summed E-state index contributed by atoms with van der Waals surface area (Å²) in [5.74, 6) is 4.13. The Morgan fingerprint density at radius 1 is 0.390 bits per heavy atom. The Labute approximate surface area is 273 Å². The summed E-state index contributed by atoms with van der Waals surface area (Å²) in [5.41, 5.74) is 0. The number of hydrogen-bond acceptors (Lipinski definition) is 17. The van der Waals surface area contributed by atoms with Gasteiger partial charge in [-0.15, -0.1) is 47.0 Å². The number of carbonyl (C=O) groups excluding carboxylic acids is 4. The van der Waals surface area contributed by atoms with Crippen molar-refractivity contribution in [3.63, 3.8) is 0 Å². The van der Waals surface area contributed by atoms with Gasteiger partial charge in [-0.25, -0.2) is 0 Å². The van der Waals surface area contributed by atoms with Crippen LogP contribution in [0, 0.1) is 0 Å². The molecule has 0 radical (unpaired) electrons. The van der Waals surface area contributed by atoms with Crippen LogP contribution in [0.15, 0.2) is 0 Å². The molecule has 0 aliphatic carbocycles. The molecule has 0 saturated heterocycles. The number of rotatable bonds is 30. The summed E-state index contributed by atoms with van der Waals surface area (Å²) in [6, 6.07) is 0. The summed E-state index contributed by atoms with van der Waals surface area (Å²) in [6.45, 7) is 1.32. The first-order valence-electron chi connectivity index (χ1n) is 12.9. The van der Waals surface area contributed by atoms with Crippen LogP contribution in [0.2, 0.25) is 0 Å². The summed E-state index contributed by atoms with van der Waals surface area (Å²) < 4.78 is 20.6. The van der Waals surface area contributed by atoms with E-state index in [1.807, 2.05) is 0 Å². The molecule has 0 aromatic heterocycles. The van der Waals surface area contributed by atoms with E-state index in [1.54, 1.807) is 23.5 Å². The van der Waals surface area contributed by atoms with E-state index in [9.17, 15) is 19.2 Å². The van der Waals surface area contributed by atoms with Crippen LogP contribution in [0.1, 0.15) is 25.7 Å². The number of esters is 4. The number of carbonyl (C=O) groups is 4. The molecule has 0 fully saturated rings. The average molecular weight is 715 g/mol. The predicted octanol–water partition coefficient (Wildman–Crippen LogP) is 3.67. The second kappa shape index (κ2) is 33.1. The van der Waals surface area contributed by atoms with Crippen LogP contribution in [0.4, 0.5) is 0 Å². The highest BCUT2D eigenvalue weighted by atomic mass is 32.2. The Kier molecular flexibility index (Phi) is 33.4.